The Morgan fingerprint density at radius 2 is 2.12 bits per heavy atom. The first-order chi connectivity index (χ1) is 11.5. The van der Waals surface area contributed by atoms with Crippen molar-refractivity contribution in [1.82, 2.24) is 25.1 Å². The van der Waals surface area contributed by atoms with E-state index in [1.54, 1.807) is 18.3 Å². The first-order valence-corrected chi connectivity index (χ1v) is 8.58. The lowest BCUT2D eigenvalue weighted by atomic mass is 10.1. The van der Waals surface area contributed by atoms with Crippen LogP contribution in [0.1, 0.15) is 22.9 Å². The molecular weight excluding hydrogens is 346 g/mol. The zero-order valence-electron chi connectivity index (χ0n) is 13.2. The summed E-state index contributed by atoms with van der Waals surface area (Å²) in [6, 6.07) is 7.16. The van der Waals surface area contributed by atoms with Gasteiger partial charge in [-0.3, -0.25) is 4.79 Å². The van der Waals surface area contributed by atoms with E-state index in [4.69, 9.17) is 11.6 Å². The summed E-state index contributed by atoms with van der Waals surface area (Å²) >= 11 is 7.49. The van der Waals surface area contributed by atoms with Gasteiger partial charge in [-0.25, -0.2) is 14.6 Å². The number of hydrogen-bond donors (Lipinski definition) is 1. The fourth-order valence-corrected chi connectivity index (χ4v) is 3.27. The Hall–Kier alpha value is -2.25. The number of nitrogens with zero attached hydrogens (tertiary/aromatic N) is 4. The van der Waals surface area contributed by atoms with Gasteiger partial charge in [-0.15, -0.1) is 11.3 Å². The van der Waals surface area contributed by atoms with Crippen molar-refractivity contribution < 1.29 is 4.79 Å². The van der Waals surface area contributed by atoms with Crippen molar-refractivity contribution in [3.8, 4) is 11.3 Å². The fourth-order valence-electron chi connectivity index (χ4n) is 2.25. The Labute approximate surface area is 148 Å². The summed E-state index contributed by atoms with van der Waals surface area (Å²) in [5, 5.41) is 8.42. The van der Waals surface area contributed by atoms with Gasteiger partial charge in [0.1, 0.15) is 23.7 Å². The highest BCUT2D eigenvalue weighted by Gasteiger charge is 2.16. The summed E-state index contributed by atoms with van der Waals surface area (Å²) in [6.07, 6.45) is 2.93. The molecule has 8 heteroatoms. The average molecular weight is 362 g/mol. The van der Waals surface area contributed by atoms with E-state index in [-0.39, 0.29) is 5.91 Å². The molecule has 0 saturated carbocycles. The van der Waals surface area contributed by atoms with E-state index in [0.29, 0.717) is 11.6 Å². The number of aromatic nitrogens is 4. The maximum atomic E-state index is 12.2. The summed E-state index contributed by atoms with van der Waals surface area (Å²) in [4.78, 5) is 21.8. The molecule has 3 aromatic rings. The molecule has 0 aliphatic heterocycles. The monoisotopic (exact) mass is 361 g/mol. The molecule has 1 amide bonds. The summed E-state index contributed by atoms with van der Waals surface area (Å²) in [5.41, 5.74) is 1.94. The van der Waals surface area contributed by atoms with E-state index in [1.165, 1.54) is 17.3 Å². The molecule has 0 saturated heterocycles. The van der Waals surface area contributed by atoms with E-state index >= 15 is 0 Å². The molecule has 0 bridgehead atoms. The van der Waals surface area contributed by atoms with Gasteiger partial charge in [0.15, 0.2) is 0 Å². The van der Waals surface area contributed by atoms with Crippen LogP contribution >= 0.6 is 22.9 Å². The summed E-state index contributed by atoms with van der Waals surface area (Å²) < 4.78 is 1.52. The third-order valence-electron chi connectivity index (χ3n) is 3.59. The van der Waals surface area contributed by atoms with Crippen molar-refractivity contribution in [2.45, 2.75) is 26.4 Å². The van der Waals surface area contributed by atoms with E-state index in [2.05, 4.69) is 20.4 Å². The quantitative estimate of drug-likeness (QED) is 0.757. The Bertz CT molecular complexity index is 829. The zero-order chi connectivity index (χ0) is 17.1. The number of halogens is 1. The standard InChI is InChI=1S/C16H16ClN5OS/c1-10(22-9-18-8-20-22)16(23)19-7-14-21-15(11(2)24-14)12-3-5-13(17)6-4-12/h3-6,8-10H,7H2,1-2H3,(H,19,23)/t10-/m1/s1. The van der Waals surface area contributed by atoms with Crippen LogP contribution < -0.4 is 5.32 Å². The van der Waals surface area contributed by atoms with Crippen molar-refractivity contribution in [1.29, 1.82) is 0 Å². The van der Waals surface area contributed by atoms with Crippen LogP contribution in [0.5, 0.6) is 0 Å². The van der Waals surface area contributed by atoms with Crippen molar-refractivity contribution in [2.75, 3.05) is 0 Å². The predicted octanol–water partition coefficient (Wildman–Crippen LogP) is 3.24. The van der Waals surface area contributed by atoms with E-state index in [9.17, 15) is 4.79 Å². The topological polar surface area (TPSA) is 72.7 Å². The van der Waals surface area contributed by atoms with Gasteiger partial charge in [0.25, 0.3) is 0 Å². The van der Waals surface area contributed by atoms with Crippen molar-refractivity contribution in [3.63, 3.8) is 0 Å². The van der Waals surface area contributed by atoms with Crippen LogP contribution in [0.25, 0.3) is 11.3 Å². The second kappa shape index (κ2) is 7.11. The van der Waals surface area contributed by atoms with Gasteiger partial charge in [0.2, 0.25) is 5.91 Å². The number of thiazole rings is 1. The lowest BCUT2D eigenvalue weighted by Gasteiger charge is -2.10. The first kappa shape index (κ1) is 16.6. The minimum absolute atomic E-state index is 0.124. The molecule has 0 radical (unpaired) electrons. The van der Waals surface area contributed by atoms with E-state index < -0.39 is 6.04 Å². The van der Waals surface area contributed by atoms with Gasteiger partial charge in [-0.1, -0.05) is 23.7 Å². The Morgan fingerprint density at radius 1 is 1.38 bits per heavy atom. The summed E-state index contributed by atoms with van der Waals surface area (Å²) in [7, 11) is 0. The normalized spacial score (nSPS) is 12.1. The Morgan fingerprint density at radius 3 is 2.79 bits per heavy atom. The van der Waals surface area contributed by atoms with Crippen LogP contribution in [-0.2, 0) is 11.3 Å². The van der Waals surface area contributed by atoms with Crippen LogP contribution in [0.2, 0.25) is 5.02 Å². The molecular formula is C16H16ClN5OS. The first-order valence-electron chi connectivity index (χ1n) is 7.38. The summed E-state index contributed by atoms with van der Waals surface area (Å²) in [5.74, 6) is -0.124. The minimum Gasteiger partial charge on any atom is -0.348 e. The number of carbonyl (C=O) groups is 1. The van der Waals surface area contributed by atoms with Gasteiger partial charge in [-0.05, 0) is 26.0 Å². The van der Waals surface area contributed by atoms with Crippen molar-refractivity contribution >= 4 is 28.8 Å². The van der Waals surface area contributed by atoms with E-state index in [0.717, 1.165) is 21.1 Å². The van der Waals surface area contributed by atoms with Gasteiger partial charge >= 0.3 is 0 Å². The molecule has 2 heterocycles. The van der Waals surface area contributed by atoms with Crippen LogP contribution in [0.4, 0.5) is 0 Å². The molecule has 1 atom stereocenters. The molecule has 1 N–H and O–H groups in total. The predicted molar refractivity (Wildman–Crippen MR) is 93.9 cm³/mol. The lowest BCUT2D eigenvalue weighted by molar-refractivity contribution is -0.124. The zero-order valence-corrected chi connectivity index (χ0v) is 14.8. The minimum atomic E-state index is -0.413. The third kappa shape index (κ3) is 3.63. The Balaban J connectivity index is 1.67. The molecule has 24 heavy (non-hydrogen) atoms. The third-order valence-corrected chi connectivity index (χ3v) is 4.81. The lowest BCUT2D eigenvalue weighted by Crippen LogP contribution is -2.30. The number of hydrogen-bond acceptors (Lipinski definition) is 5. The fraction of sp³-hybridized carbons (Fsp3) is 0.250. The average Bonchev–Trinajstić information content (AvgIpc) is 3.22. The van der Waals surface area contributed by atoms with Gasteiger partial charge in [0.05, 0.1) is 12.2 Å². The van der Waals surface area contributed by atoms with Crippen LogP contribution in [0, 0.1) is 6.92 Å². The molecule has 124 valence electrons. The molecule has 2 aromatic heterocycles. The molecule has 0 unspecified atom stereocenters. The largest absolute Gasteiger partial charge is 0.348 e. The van der Waals surface area contributed by atoms with Gasteiger partial charge in [0, 0.05) is 15.5 Å². The van der Waals surface area contributed by atoms with Gasteiger partial charge in [-0.2, -0.15) is 5.10 Å². The second-order valence-electron chi connectivity index (χ2n) is 5.29. The molecule has 0 aliphatic rings. The maximum Gasteiger partial charge on any atom is 0.244 e. The number of amides is 1. The van der Waals surface area contributed by atoms with Crippen molar-refractivity contribution in [3.05, 3.63) is 51.8 Å². The highest BCUT2D eigenvalue weighted by atomic mass is 35.5. The molecule has 0 aliphatic carbocycles. The number of aryl methyl sites for hydroxylation is 1. The molecule has 1 aromatic carbocycles. The second-order valence-corrected chi connectivity index (χ2v) is 7.01. The number of benzene rings is 1. The number of rotatable bonds is 5. The van der Waals surface area contributed by atoms with Crippen LogP contribution in [0.3, 0.4) is 0 Å². The van der Waals surface area contributed by atoms with Crippen LogP contribution in [-0.4, -0.2) is 25.7 Å². The molecule has 6 nitrogen and oxygen atoms in total. The van der Waals surface area contributed by atoms with E-state index in [1.807, 2.05) is 31.2 Å². The molecule has 0 spiro atoms. The van der Waals surface area contributed by atoms with Gasteiger partial charge < -0.3 is 5.32 Å². The highest BCUT2D eigenvalue weighted by molar-refractivity contribution is 7.12. The smallest absolute Gasteiger partial charge is 0.244 e. The highest BCUT2D eigenvalue weighted by Crippen LogP contribution is 2.28. The maximum absolute atomic E-state index is 12.2. The van der Waals surface area contributed by atoms with Crippen molar-refractivity contribution in [2.24, 2.45) is 0 Å². The number of nitrogens with one attached hydrogen (secondary N) is 1. The SMILES string of the molecule is Cc1sc(CNC(=O)[C@@H](C)n2cncn2)nc1-c1ccc(Cl)cc1. The molecule has 3 rings (SSSR count). The number of carbonyl (C=O) groups excluding carboxylic acids is 1. The Kier molecular flexibility index (Phi) is 4.92. The summed E-state index contributed by atoms with van der Waals surface area (Å²) in [6.45, 7) is 4.18. The molecule has 0 fully saturated rings. The van der Waals surface area contributed by atoms with Crippen LogP contribution in [0.15, 0.2) is 36.9 Å².